The van der Waals surface area contributed by atoms with E-state index in [1.165, 1.54) is 25.6 Å². The summed E-state index contributed by atoms with van der Waals surface area (Å²) >= 11 is 1.31. The zero-order valence-corrected chi connectivity index (χ0v) is 12.1. The van der Waals surface area contributed by atoms with Crippen LogP contribution < -0.4 is 5.32 Å². The van der Waals surface area contributed by atoms with Gasteiger partial charge < -0.3 is 14.8 Å². The van der Waals surface area contributed by atoms with Gasteiger partial charge in [-0.3, -0.25) is 4.79 Å². The number of aromatic nitrogens is 1. The van der Waals surface area contributed by atoms with Crippen LogP contribution in [0.1, 0.15) is 9.67 Å². The van der Waals surface area contributed by atoms with Gasteiger partial charge in [0.05, 0.1) is 17.7 Å². The highest BCUT2D eigenvalue weighted by Gasteiger charge is 2.17. The van der Waals surface area contributed by atoms with E-state index in [0.717, 1.165) is 5.56 Å². The monoisotopic (exact) mass is 292 g/mol. The van der Waals surface area contributed by atoms with E-state index in [2.05, 4.69) is 10.3 Å². The van der Waals surface area contributed by atoms with Gasteiger partial charge in [-0.15, -0.1) is 11.3 Å². The number of carbonyl (C=O) groups is 1. The number of rotatable bonds is 6. The van der Waals surface area contributed by atoms with Gasteiger partial charge in [-0.05, 0) is 0 Å². The summed E-state index contributed by atoms with van der Waals surface area (Å²) in [5.74, 6) is -0.176. The number of hydrogen-bond acceptors (Lipinski definition) is 5. The molecule has 0 radical (unpaired) electrons. The molecule has 6 heteroatoms. The molecule has 1 aromatic carbocycles. The van der Waals surface area contributed by atoms with Crippen LogP contribution in [0.2, 0.25) is 0 Å². The van der Waals surface area contributed by atoms with Gasteiger partial charge in [0.15, 0.2) is 6.29 Å². The van der Waals surface area contributed by atoms with E-state index in [1.807, 2.05) is 30.3 Å². The molecule has 1 amide bonds. The normalized spacial score (nSPS) is 10.8. The molecule has 5 nitrogen and oxygen atoms in total. The van der Waals surface area contributed by atoms with Crippen LogP contribution >= 0.6 is 11.3 Å². The third-order valence-corrected chi connectivity index (χ3v) is 3.60. The Morgan fingerprint density at radius 1 is 1.30 bits per heavy atom. The molecular weight excluding hydrogens is 276 g/mol. The van der Waals surface area contributed by atoms with Crippen molar-refractivity contribution in [2.24, 2.45) is 0 Å². The van der Waals surface area contributed by atoms with Crippen LogP contribution in [0.15, 0.2) is 35.8 Å². The van der Waals surface area contributed by atoms with Crippen molar-refractivity contribution in [3.05, 3.63) is 40.7 Å². The Balaban J connectivity index is 2.10. The lowest BCUT2D eigenvalue weighted by atomic mass is 10.1. The summed E-state index contributed by atoms with van der Waals surface area (Å²) in [6.45, 7) is 0.290. The summed E-state index contributed by atoms with van der Waals surface area (Å²) in [7, 11) is 3.06. The van der Waals surface area contributed by atoms with Gasteiger partial charge in [0.1, 0.15) is 4.88 Å². The second-order valence-corrected chi connectivity index (χ2v) is 4.86. The second kappa shape index (κ2) is 7.14. The van der Waals surface area contributed by atoms with Crippen molar-refractivity contribution in [2.45, 2.75) is 6.29 Å². The number of thiazole rings is 1. The van der Waals surface area contributed by atoms with E-state index >= 15 is 0 Å². The molecule has 0 aliphatic carbocycles. The molecule has 1 heterocycles. The first kappa shape index (κ1) is 14.6. The van der Waals surface area contributed by atoms with Gasteiger partial charge in [-0.25, -0.2) is 4.98 Å². The standard InChI is InChI=1S/C14H16N2O3S/c1-18-11(19-2)8-15-14(17)13-12(16-9-20-13)10-6-4-3-5-7-10/h3-7,9,11H,8H2,1-2H3,(H,15,17). The maximum absolute atomic E-state index is 12.2. The number of carbonyl (C=O) groups excluding carboxylic acids is 1. The molecule has 0 saturated heterocycles. The summed E-state index contributed by atoms with van der Waals surface area (Å²) in [5, 5.41) is 2.78. The fourth-order valence-corrected chi connectivity index (χ4v) is 2.45. The zero-order chi connectivity index (χ0) is 14.4. The molecule has 0 bridgehead atoms. The lowest BCUT2D eigenvalue weighted by Crippen LogP contribution is -2.34. The van der Waals surface area contributed by atoms with Gasteiger partial charge in [-0.2, -0.15) is 0 Å². The van der Waals surface area contributed by atoms with E-state index in [4.69, 9.17) is 9.47 Å². The fraction of sp³-hybridized carbons (Fsp3) is 0.286. The summed E-state index contributed by atoms with van der Waals surface area (Å²) in [6.07, 6.45) is -0.452. The summed E-state index contributed by atoms with van der Waals surface area (Å²) in [4.78, 5) is 17.0. The van der Waals surface area contributed by atoms with Crippen molar-refractivity contribution in [2.75, 3.05) is 20.8 Å². The first-order chi connectivity index (χ1) is 9.76. The minimum Gasteiger partial charge on any atom is -0.354 e. The molecule has 0 spiro atoms. The number of nitrogens with zero attached hydrogens (tertiary/aromatic N) is 1. The topological polar surface area (TPSA) is 60.5 Å². The van der Waals surface area contributed by atoms with Crippen molar-refractivity contribution in [3.63, 3.8) is 0 Å². The molecule has 106 valence electrons. The van der Waals surface area contributed by atoms with Gasteiger partial charge in [0.25, 0.3) is 5.91 Å². The van der Waals surface area contributed by atoms with Crippen molar-refractivity contribution in [3.8, 4) is 11.3 Å². The van der Waals surface area contributed by atoms with Gasteiger partial charge in [0.2, 0.25) is 0 Å². The molecule has 2 aromatic rings. The Kier molecular flexibility index (Phi) is 5.23. The number of benzene rings is 1. The Hall–Kier alpha value is -1.76. The smallest absolute Gasteiger partial charge is 0.263 e. The van der Waals surface area contributed by atoms with E-state index in [0.29, 0.717) is 10.6 Å². The molecule has 1 N–H and O–H groups in total. The average molecular weight is 292 g/mol. The molecule has 0 unspecified atom stereocenters. The number of methoxy groups -OCH3 is 2. The predicted molar refractivity (Wildman–Crippen MR) is 77.7 cm³/mol. The first-order valence-corrected chi connectivity index (χ1v) is 6.97. The molecule has 20 heavy (non-hydrogen) atoms. The lowest BCUT2D eigenvalue weighted by Gasteiger charge is -2.13. The van der Waals surface area contributed by atoms with E-state index < -0.39 is 6.29 Å². The minimum absolute atomic E-state index is 0.176. The summed E-state index contributed by atoms with van der Waals surface area (Å²) in [5.41, 5.74) is 3.29. The second-order valence-electron chi connectivity index (χ2n) is 4.01. The third-order valence-electron chi connectivity index (χ3n) is 2.78. The van der Waals surface area contributed by atoms with Crippen molar-refractivity contribution < 1.29 is 14.3 Å². The molecule has 0 aliphatic heterocycles. The number of hydrogen-bond donors (Lipinski definition) is 1. The largest absolute Gasteiger partial charge is 0.354 e. The van der Waals surface area contributed by atoms with Crippen molar-refractivity contribution >= 4 is 17.2 Å². The maximum Gasteiger partial charge on any atom is 0.263 e. The Bertz CT molecular complexity index is 553. The van der Waals surface area contributed by atoms with Crippen molar-refractivity contribution in [1.82, 2.24) is 10.3 Å². The van der Waals surface area contributed by atoms with E-state index in [9.17, 15) is 4.79 Å². The van der Waals surface area contributed by atoms with Crippen LogP contribution in [0, 0.1) is 0 Å². The van der Waals surface area contributed by atoms with Crippen LogP contribution in [0.4, 0.5) is 0 Å². The Morgan fingerprint density at radius 2 is 2.00 bits per heavy atom. The quantitative estimate of drug-likeness (QED) is 0.829. The highest BCUT2D eigenvalue weighted by atomic mass is 32.1. The van der Waals surface area contributed by atoms with Crippen LogP contribution in [-0.4, -0.2) is 37.9 Å². The highest BCUT2D eigenvalue weighted by Crippen LogP contribution is 2.24. The Labute approximate surface area is 121 Å². The van der Waals surface area contributed by atoms with Gasteiger partial charge in [0, 0.05) is 19.8 Å². The SMILES string of the molecule is COC(CNC(=O)c1scnc1-c1ccccc1)OC. The minimum atomic E-state index is -0.452. The molecule has 0 saturated carbocycles. The highest BCUT2D eigenvalue weighted by molar-refractivity contribution is 7.12. The average Bonchev–Trinajstić information content (AvgIpc) is 2.98. The van der Waals surface area contributed by atoms with Crippen LogP contribution in [-0.2, 0) is 9.47 Å². The number of ether oxygens (including phenoxy) is 2. The Morgan fingerprint density at radius 3 is 2.65 bits per heavy atom. The molecule has 1 aromatic heterocycles. The summed E-state index contributed by atoms with van der Waals surface area (Å²) in [6, 6.07) is 9.62. The van der Waals surface area contributed by atoms with E-state index in [-0.39, 0.29) is 12.5 Å². The van der Waals surface area contributed by atoms with Gasteiger partial charge in [-0.1, -0.05) is 30.3 Å². The molecule has 0 atom stereocenters. The fourth-order valence-electron chi connectivity index (χ4n) is 1.73. The molecule has 0 aliphatic rings. The maximum atomic E-state index is 12.2. The third kappa shape index (κ3) is 3.41. The van der Waals surface area contributed by atoms with Crippen molar-refractivity contribution in [1.29, 1.82) is 0 Å². The zero-order valence-electron chi connectivity index (χ0n) is 11.3. The molecule has 0 fully saturated rings. The lowest BCUT2D eigenvalue weighted by molar-refractivity contribution is -0.0974. The van der Waals surface area contributed by atoms with Crippen LogP contribution in [0.25, 0.3) is 11.3 Å². The van der Waals surface area contributed by atoms with E-state index in [1.54, 1.807) is 5.51 Å². The predicted octanol–water partition coefficient (Wildman–Crippen LogP) is 2.16. The molecular formula is C14H16N2O3S. The van der Waals surface area contributed by atoms with Gasteiger partial charge >= 0.3 is 0 Å². The number of amides is 1. The first-order valence-electron chi connectivity index (χ1n) is 6.09. The van der Waals surface area contributed by atoms with Crippen LogP contribution in [0.5, 0.6) is 0 Å². The summed E-state index contributed by atoms with van der Waals surface area (Å²) < 4.78 is 10.1. The number of nitrogens with one attached hydrogen (secondary N) is 1. The molecule has 2 rings (SSSR count). The van der Waals surface area contributed by atoms with Crippen LogP contribution in [0.3, 0.4) is 0 Å².